The van der Waals surface area contributed by atoms with E-state index in [-0.39, 0.29) is 30.7 Å². The first-order chi connectivity index (χ1) is 7.49. The molecule has 1 amide bonds. The lowest BCUT2D eigenvalue weighted by molar-refractivity contribution is -0.121. The van der Waals surface area contributed by atoms with Gasteiger partial charge in [-0.15, -0.1) is 24.8 Å². The van der Waals surface area contributed by atoms with Crippen LogP contribution < -0.4 is 11.1 Å². The highest BCUT2D eigenvalue weighted by Gasteiger charge is 2.12. The van der Waals surface area contributed by atoms with Gasteiger partial charge in [-0.1, -0.05) is 0 Å². The summed E-state index contributed by atoms with van der Waals surface area (Å²) in [4.78, 5) is 13.7. The number of nitrogens with two attached hydrogens (primary N) is 1. The van der Waals surface area contributed by atoms with Crippen LogP contribution in [0.5, 0.6) is 0 Å². The lowest BCUT2D eigenvalue weighted by Crippen LogP contribution is -2.42. The Morgan fingerprint density at radius 1 is 1.17 bits per heavy atom. The van der Waals surface area contributed by atoms with E-state index < -0.39 is 0 Å². The summed E-state index contributed by atoms with van der Waals surface area (Å²) in [5.41, 5.74) is 5.34. The summed E-state index contributed by atoms with van der Waals surface area (Å²) >= 11 is 0. The van der Waals surface area contributed by atoms with E-state index in [4.69, 9.17) is 5.73 Å². The summed E-state index contributed by atoms with van der Waals surface area (Å²) in [5.74, 6) is 0.109. The molecular weight excluding hydrogens is 273 g/mol. The van der Waals surface area contributed by atoms with Crippen LogP contribution in [0, 0.1) is 0 Å². The van der Waals surface area contributed by atoms with E-state index in [0.717, 1.165) is 19.5 Å². The second-order valence-corrected chi connectivity index (χ2v) is 4.67. The molecule has 0 aromatic heterocycles. The Kier molecular flexibility index (Phi) is 17.2. The minimum absolute atomic E-state index is 0. The highest BCUT2D eigenvalue weighted by molar-refractivity contribution is 5.85. The van der Waals surface area contributed by atoms with Crippen molar-refractivity contribution in [3.63, 3.8) is 0 Å². The van der Waals surface area contributed by atoms with Crippen molar-refractivity contribution >= 4 is 30.7 Å². The average molecular weight is 302 g/mol. The maximum absolute atomic E-state index is 11.3. The second kappa shape index (κ2) is 13.4. The SMILES string of the molecule is CC(C)N(CCNC(=O)CCCN)C(C)C.Cl.Cl. The van der Waals surface area contributed by atoms with Gasteiger partial charge in [-0.05, 0) is 40.7 Å². The molecule has 0 heterocycles. The standard InChI is InChI=1S/C12H27N3O.2ClH/c1-10(2)15(11(3)4)9-8-14-12(16)6-5-7-13;;/h10-11H,5-9,13H2,1-4H3,(H,14,16);2*1H. The topological polar surface area (TPSA) is 58.4 Å². The zero-order chi connectivity index (χ0) is 12.6. The van der Waals surface area contributed by atoms with E-state index in [2.05, 4.69) is 37.9 Å². The third-order valence-electron chi connectivity index (χ3n) is 2.63. The van der Waals surface area contributed by atoms with Crippen LogP contribution in [-0.2, 0) is 4.79 Å². The summed E-state index contributed by atoms with van der Waals surface area (Å²) in [6.45, 7) is 10.9. The fourth-order valence-electron chi connectivity index (χ4n) is 1.79. The molecule has 0 radical (unpaired) electrons. The normalized spacial score (nSPS) is 10.2. The van der Waals surface area contributed by atoms with Gasteiger partial charge in [0.15, 0.2) is 0 Å². The van der Waals surface area contributed by atoms with E-state index in [9.17, 15) is 4.79 Å². The first-order valence-electron chi connectivity index (χ1n) is 6.21. The minimum atomic E-state index is 0. The van der Waals surface area contributed by atoms with Crippen LogP contribution >= 0.6 is 24.8 Å². The Morgan fingerprint density at radius 3 is 2.06 bits per heavy atom. The fraction of sp³-hybridized carbons (Fsp3) is 0.917. The molecule has 0 bridgehead atoms. The minimum Gasteiger partial charge on any atom is -0.355 e. The Morgan fingerprint density at radius 2 is 1.67 bits per heavy atom. The highest BCUT2D eigenvalue weighted by atomic mass is 35.5. The van der Waals surface area contributed by atoms with Crippen molar-refractivity contribution in [3.8, 4) is 0 Å². The van der Waals surface area contributed by atoms with Crippen LogP contribution in [0.1, 0.15) is 40.5 Å². The van der Waals surface area contributed by atoms with E-state index in [1.54, 1.807) is 0 Å². The van der Waals surface area contributed by atoms with Crippen molar-refractivity contribution in [1.82, 2.24) is 10.2 Å². The molecule has 0 aliphatic carbocycles. The van der Waals surface area contributed by atoms with Gasteiger partial charge in [0.2, 0.25) is 5.91 Å². The maximum atomic E-state index is 11.3. The Hall–Kier alpha value is -0.0300. The molecule has 0 aromatic carbocycles. The fourth-order valence-corrected chi connectivity index (χ4v) is 1.79. The monoisotopic (exact) mass is 301 g/mol. The first kappa shape index (κ1) is 23.1. The molecule has 18 heavy (non-hydrogen) atoms. The Bertz CT molecular complexity index is 194. The van der Waals surface area contributed by atoms with E-state index in [1.165, 1.54) is 0 Å². The van der Waals surface area contributed by atoms with Gasteiger partial charge in [0, 0.05) is 31.6 Å². The number of rotatable bonds is 8. The molecule has 0 saturated carbocycles. The van der Waals surface area contributed by atoms with Gasteiger partial charge in [-0.2, -0.15) is 0 Å². The van der Waals surface area contributed by atoms with Crippen molar-refractivity contribution in [2.24, 2.45) is 5.73 Å². The van der Waals surface area contributed by atoms with Gasteiger partial charge in [0.25, 0.3) is 0 Å². The van der Waals surface area contributed by atoms with Crippen LogP contribution in [-0.4, -0.2) is 42.5 Å². The number of halogens is 2. The summed E-state index contributed by atoms with van der Waals surface area (Å²) in [5, 5.41) is 2.92. The third kappa shape index (κ3) is 11.1. The first-order valence-corrected chi connectivity index (χ1v) is 6.21. The molecule has 0 rings (SSSR count). The lowest BCUT2D eigenvalue weighted by atomic mass is 10.2. The van der Waals surface area contributed by atoms with Gasteiger partial charge in [-0.3, -0.25) is 9.69 Å². The van der Waals surface area contributed by atoms with E-state index in [1.807, 2.05) is 0 Å². The summed E-state index contributed by atoms with van der Waals surface area (Å²) < 4.78 is 0. The molecule has 0 saturated heterocycles. The second-order valence-electron chi connectivity index (χ2n) is 4.67. The zero-order valence-corrected chi connectivity index (χ0v) is 13.6. The van der Waals surface area contributed by atoms with Crippen molar-refractivity contribution in [3.05, 3.63) is 0 Å². The summed E-state index contributed by atoms with van der Waals surface area (Å²) in [6.07, 6.45) is 1.31. The average Bonchev–Trinajstić information content (AvgIpc) is 2.20. The van der Waals surface area contributed by atoms with E-state index in [0.29, 0.717) is 25.0 Å². The van der Waals surface area contributed by atoms with E-state index >= 15 is 0 Å². The number of carbonyl (C=O) groups is 1. The number of nitrogens with zero attached hydrogens (tertiary/aromatic N) is 1. The van der Waals surface area contributed by atoms with Crippen LogP contribution in [0.25, 0.3) is 0 Å². The van der Waals surface area contributed by atoms with Gasteiger partial charge < -0.3 is 11.1 Å². The number of carbonyl (C=O) groups excluding carboxylic acids is 1. The Balaban J connectivity index is -0.00000112. The van der Waals surface area contributed by atoms with Gasteiger partial charge in [-0.25, -0.2) is 0 Å². The largest absolute Gasteiger partial charge is 0.355 e. The van der Waals surface area contributed by atoms with Gasteiger partial charge in [0.05, 0.1) is 0 Å². The molecule has 3 N–H and O–H groups in total. The van der Waals surface area contributed by atoms with Crippen LogP contribution in [0.4, 0.5) is 0 Å². The van der Waals surface area contributed by atoms with Crippen molar-refractivity contribution < 1.29 is 4.79 Å². The molecule has 0 aliphatic rings. The lowest BCUT2D eigenvalue weighted by Gasteiger charge is -2.30. The summed E-state index contributed by atoms with van der Waals surface area (Å²) in [6, 6.07) is 1.03. The molecule has 6 heteroatoms. The molecule has 0 atom stereocenters. The maximum Gasteiger partial charge on any atom is 0.220 e. The number of hydrogen-bond acceptors (Lipinski definition) is 3. The number of nitrogens with one attached hydrogen (secondary N) is 1. The molecule has 0 aromatic rings. The van der Waals surface area contributed by atoms with Crippen molar-refractivity contribution in [2.45, 2.75) is 52.6 Å². The number of amides is 1. The molecule has 4 nitrogen and oxygen atoms in total. The van der Waals surface area contributed by atoms with Crippen LogP contribution in [0.15, 0.2) is 0 Å². The molecule has 0 spiro atoms. The van der Waals surface area contributed by atoms with Crippen molar-refractivity contribution in [2.75, 3.05) is 19.6 Å². The van der Waals surface area contributed by atoms with Crippen molar-refractivity contribution in [1.29, 1.82) is 0 Å². The molecular formula is C12H29Cl2N3O. The molecule has 0 aliphatic heterocycles. The summed E-state index contributed by atoms with van der Waals surface area (Å²) in [7, 11) is 0. The zero-order valence-electron chi connectivity index (χ0n) is 11.9. The third-order valence-corrected chi connectivity index (χ3v) is 2.63. The quantitative estimate of drug-likeness (QED) is 0.719. The smallest absolute Gasteiger partial charge is 0.220 e. The molecule has 0 unspecified atom stereocenters. The van der Waals surface area contributed by atoms with Gasteiger partial charge >= 0.3 is 0 Å². The highest BCUT2D eigenvalue weighted by Crippen LogP contribution is 2.03. The van der Waals surface area contributed by atoms with Crippen LogP contribution in [0.2, 0.25) is 0 Å². The van der Waals surface area contributed by atoms with Gasteiger partial charge in [0.1, 0.15) is 0 Å². The predicted molar refractivity (Wildman–Crippen MR) is 82.8 cm³/mol. The van der Waals surface area contributed by atoms with Crippen LogP contribution in [0.3, 0.4) is 0 Å². The molecule has 0 fully saturated rings. The molecule has 112 valence electrons. The predicted octanol–water partition coefficient (Wildman–Crippen LogP) is 1.80. The Labute approximate surface area is 124 Å². The number of hydrogen-bond donors (Lipinski definition) is 2.